The van der Waals surface area contributed by atoms with Crippen LogP contribution in [0.5, 0.6) is 0 Å². The smallest absolute Gasteiger partial charge is 0.273 e. The van der Waals surface area contributed by atoms with Crippen LogP contribution in [0.1, 0.15) is 19.5 Å². The van der Waals surface area contributed by atoms with Crippen LogP contribution in [0.2, 0.25) is 0 Å². The van der Waals surface area contributed by atoms with Crippen LogP contribution >= 0.6 is 0 Å². The average Bonchev–Trinajstić information content (AvgIpc) is 2.34. The van der Waals surface area contributed by atoms with Crippen LogP contribution in [0.3, 0.4) is 0 Å². The van der Waals surface area contributed by atoms with E-state index in [2.05, 4.69) is 9.97 Å². The Balaban J connectivity index is 2.40. The molecule has 0 spiro atoms. The highest BCUT2D eigenvalue weighted by Gasteiger charge is 2.25. The number of hydrogen-bond donors (Lipinski definition) is 1. The minimum absolute atomic E-state index is 0.0877. The summed E-state index contributed by atoms with van der Waals surface area (Å²) in [5.41, 5.74) is -1.10. The van der Waals surface area contributed by atoms with E-state index in [4.69, 9.17) is 0 Å². The zero-order valence-electron chi connectivity index (χ0n) is 10.7. The maximum atomic E-state index is 13.9. The third-order valence-electron chi connectivity index (χ3n) is 3.12. The van der Waals surface area contributed by atoms with Gasteiger partial charge in [0.25, 0.3) is 5.56 Å². The molecule has 0 atom stereocenters. The molecule has 96 valence electrons. The summed E-state index contributed by atoms with van der Waals surface area (Å²) in [5.74, 6) is 0. The molecule has 0 amide bonds. The fourth-order valence-corrected chi connectivity index (χ4v) is 2.18. The van der Waals surface area contributed by atoms with Crippen LogP contribution in [-0.2, 0) is 5.67 Å². The Hall–Kier alpha value is -2.23. The van der Waals surface area contributed by atoms with E-state index in [0.29, 0.717) is 11.0 Å². The number of alkyl halides is 1. The van der Waals surface area contributed by atoms with E-state index in [1.807, 2.05) is 36.4 Å². The molecule has 2 aromatic carbocycles. The number of aromatic amines is 1. The second-order valence-corrected chi connectivity index (χ2v) is 5.10. The first kappa shape index (κ1) is 11.8. The standard InChI is InChI=1S/C15H13FN2O/c1-15(2,16)13-14(19)18-12-8-10-6-4-3-5-9(10)7-11(12)17-13/h3-8H,1-2H3,(H,18,19). The van der Waals surface area contributed by atoms with Crippen molar-refractivity contribution >= 4 is 21.8 Å². The molecule has 0 aliphatic heterocycles. The van der Waals surface area contributed by atoms with Crippen LogP contribution < -0.4 is 5.56 Å². The Labute approximate surface area is 109 Å². The summed E-state index contributed by atoms with van der Waals surface area (Å²) in [6.07, 6.45) is 0. The monoisotopic (exact) mass is 256 g/mol. The normalized spacial score (nSPS) is 12.2. The molecule has 0 saturated heterocycles. The Bertz CT molecular complexity index is 831. The Morgan fingerprint density at radius 2 is 1.79 bits per heavy atom. The summed E-state index contributed by atoms with van der Waals surface area (Å²) in [6, 6.07) is 11.5. The van der Waals surface area contributed by atoms with Crippen molar-refractivity contribution in [2.45, 2.75) is 19.5 Å². The van der Waals surface area contributed by atoms with Gasteiger partial charge in [-0.15, -0.1) is 0 Å². The summed E-state index contributed by atoms with van der Waals surface area (Å²) < 4.78 is 13.9. The second kappa shape index (κ2) is 3.88. The van der Waals surface area contributed by atoms with Crippen molar-refractivity contribution in [3.05, 3.63) is 52.4 Å². The highest BCUT2D eigenvalue weighted by molar-refractivity contribution is 5.94. The van der Waals surface area contributed by atoms with E-state index < -0.39 is 11.2 Å². The molecule has 0 aliphatic rings. The second-order valence-electron chi connectivity index (χ2n) is 5.10. The molecule has 1 aromatic heterocycles. The highest BCUT2D eigenvalue weighted by atomic mass is 19.1. The lowest BCUT2D eigenvalue weighted by Gasteiger charge is -2.13. The number of nitrogens with zero attached hydrogens (tertiary/aromatic N) is 1. The van der Waals surface area contributed by atoms with Crippen molar-refractivity contribution in [3.8, 4) is 0 Å². The van der Waals surface area contributed by atoms with Crippen molar-refractivity contribution in [1.82, 2.24) is 9.97 Å². The fourth-order valence-electron chi connectivity index (χ4n) is 2.18. The molecular weight excluding hydrogens is 243 g/mol. The van der Waals surface area contributed by atoms with Gasteiger partial charge in [-0.1, -0.05) is 24.3 Å². The molecule has 3 rings (SSSR count). The van der Waals surface area contributed by atoms with Gasteiger partial charge >= 0.3 is 0 Å². The van der Waals surface area contributed by atoms with E-state index in [0.717, 1.165) is 10.8 Å². The maximum absolute atomic E-state index is 13.9. The molecule has 3 aromatic rings. The summed E-state index contributed by atoms with van der Waals surface area (Å²) in [7, 11) is 0. The molecule has 3 nitrogen and oxygen atoms in total. The minimum atomic E-state index is -1.76. The van der Waals surface area contributed by atoms with Gasteiger partial charge in [0.1, 0.15) is 5.69 Å². The van der Waals surface area contributed by atoms with Gasteiger partial charge < -0.3 is 4.98 Å². The van der Waals surface area contributed by atoms with Crippen molar-refractivity contribution < 1.29 is 4.39 Å². The zero-order chi connectivity index (χ0) is 13.6. The third kappa shape index (κ3) is 1.99. The van der Waals surface area contributed by atoms with Crippen molar-refractivity contribution in [1.29, 1.82) is 0 Å². The van der Waals surface area contributed by atoms with E-state index in [9.17, 15) is 9.18 Å². The Morgan fingerprint density at radius 1 is 1.16 bits per heavy atom. The summed E-state index contributed by atoms with van der Waals surface area (Å²) in [5, 5.41) is 2.02. The lowest BCUT2D eigenvalue weighted by Crippen LogP contribution is -2.25. The Morgan fingerprint density at radius 3 is 2.42 bits per heavy atom. The number of aromatic nitrogens is 2. The Kier molecular flexibility index (Phi) is 2.42. The van der Waals surface area contributed by atoms with E-state index >= 15 is 0 Å². The van der Waals surface area contributed by atoms with E-state index in [1.54, 1.807) is 0 Å². The molecule has 0 aliphatic carbocycles. The number of halogens is 1. The van der Waals surface area contributed by atoms with Crippen LogP contribution in [0.25, 0.3) is 21.8 Å². The van der Waals surface area contributed by atoms with Gasteiger partial charge in [0, 0.05) is 0 Å². The number of hydrogen-bond acceptors (Lipinski definition) is 2. The number of rotatable bonds is 1. The molecule has 19 heavy (non-hydrogen) atoms. The summed E-state index contributed by atoms with van der Waals surface area (Å²) in [6.45, 7) is 2.66. The predicted molar refractivity (Wildman–Crippen MR) is 74.0 cm³/mol. The summed E-state index contributed by atoms with van der Waals surface area (Å²) >= 11 is 0. The average molecular weight is 256 g/mol. The topological polar surface area (TPSA) is 45.8 Å². The molecule has 0 unspecified atom stereocenters. The van der Waals surface area contributed by atoms with Gasteiger partial charge in [-0.05, 0) is 36.8 Å². The third-order valence-corrected chi connectivity index (χ3v) is 3.12. The van der Waals surface area contributed by atoms with Crippen molar-refractivity contribution in [2.24, 2.45) is 0 Å². The highest BCUT2D eigenvalue weighted by Crippen LogP contribution is 2.23. The number of H-pyrrole nitrogens is 1. The molecule has 0 saturated carbocycles. The molecular formula is C15H13FN2O. The molecule has 0 bridgehead atoms. The van der Waals surface area contributed by atoms with Gasteiger partial charge in [-0.2, -0.15) is 0 Å². The molecule has 0 radical (unpaired) electrons. The number of benzene rings is 2. The van der Waals surface area contributed by atoms with Gasteiger partial charge in [-0.25, -0.2) is 9.37 Å². The maximum Gasteiger partial charge on any atom is 0.273 e. The van der Waals surface area contributed by atoms with E-state index in [-0.39, 0.29) is 5.69 Å². The van der Waals surface area contributed by atoms with Gasteiger partial charge in [0.15, 0.2) is 5.67 Å². The van der Waals surface area contributed by atoms with Crippen molar-refractivity contribution in [3.63, 3.8) is 0 Å². The first-order valence-corrected chi connectivity index (χ1v) is 6.07. The lowest BCUT2D eigenvalue weighted by molar-refractivity contribution is 0.212. The zero-order valence-corrected chi connectivity index (χ0v) is 10.7. The summed E-state index contributed by atoms with van der Waals surface area (Å²) in [4.78, 5) is 18.7. The molecule has 0 fully saturated rings. The molecule has 1 heterocycles. The van der Waals surface area contributed by atoms with Crippen LogP contribution in [0, 0.1) is 0 Å². The van der Waals surface area contributed by atoms with Crippen LogP contribution in [0.4, 0.5) is 4.39 Å². The van der Waals surface area contributed by atoms with Gasteiger partial charge in [-0.3, -0.25) is 4.79 Å². The molecule has 1 N–H and O–H groups in total. The van der Waals surface area contributed by atoms with Crippen LogP contribution in [0.15, 0.2) is 41.2 Å². The fraction of sp³-hybridized carbons (Fsp3) is 0.200. The van der Waals surface area contributed by atoms with Crippen molar-refractivity contribution in [2.75, 3.05) is 0 Å². The van der Waals surface area contributed by atoms with Gasteiger partial charge in [0.05, 0.1) is 11.0 Å². The largest absolute Gasteiger partial charge is 0.319 e. The first-order chi connectivity index (χ1) is 8.95. The number of fused-ring (bicyclic) bond motifs is 2. The molecule has 4 heteroatoms. The lowest BCUT2D eigenvalue weighted by atomic mass is 10.1. The SMILES string of the molecule is CC(C)(F)c1nc2cc3ccccc3cc2[nH]c1=O. The predicted octanol–water partition coefficient (Wildman–Crippen LogP) is 3.28. The quantitative estimate of drug-likeness (QED) is 0.679. The first-order valence-electron chi connectivity index (χ1n) is 6.07. The number of nitrogens with one attached hydrogen (secondary N) is 1. The minimum Gasteiger partial charge on any atom is -0.319 e. The van der Waals surface area contributed by atoms with Crippen LogP contribution in [-0.4, -0.2) is 9.97 Å². The van der Waals surface area contributed by atoms with Gasteiger partial charge in [0.2, 0.25) is 0 Å². The van der Waals surface area contributed by atoms with E-state index in [1.165, 1.54) is 13.8 Å².